The summed E-state index contributed by atoms with van der Waals surface area (Å²) in [5.74, 6) is 1.78. The van der Waals surface area contributed by atoms with Crippen LogP contribution >= 0.6 is 21.4 Å². The number of hydrogen-bond acceptors (Lipinski definition) is 11. The first kappa shape index (κ1) is 33.9. The molecule has 0 spiro atoms. The molecule has 4 heterocycles. The number of pyridine rings is 1. The van der Waals surface area contributed by atoms with E-state index in [0.717, 1.165) is 86.6 Å². The molecule has 2 aromatic carbocycles. The van der Waals surface area contributed by atoms with Crippen molar-refractivity contribution < 1.29 is 18.7 Å². The molecule has 46 heavy (non-hydrogen) atoms. The quantitative estimate of drug-likeness (QED) is 0.0487. The van der Waals surface area contributed by atoms with Crippen molar-refractivity contribution in [1.82, 2.24) is 20.1 Å². The molecule has 12 nitrogen and oxygen atoms in total. The van der Waals surface area contributed by atoms with E-state index in [1.165, 1.54) is 6.07 Å². The Balaban J connectivity index is 0.00000204. The van der Waals surface area contributed by atoms with E-state index in [1.807, 2.05) is 44.3 Å². The molecule has 4 aromatic rings. The second-order valence-corrected chi connectivity index (χ2v) is 12.4. The molecular formula is C32H42N7O5PS. The van der Waals surface area contributed by atoms with Crippen molar-refractivity contribution in [2.24, 2.45) is 5.92 Å². The number of fused-ring (bicyclic) bond motifs is 1. The summed E-state index contributed by atoms with van der Waals surface area (Å²) in [7, 11) is 2.78. The van der Waals surface area contributed by atoms with E-state index in [0.29, 0.717) is 41.1 Å². The lowest BCUT2D eigenvalue weighted by molar-refractivity contribution is -0.384. The van der Waals surface area contributed by atoms with E-state index >= 15 is 0 Å². The zero-order chi connectivity index (χ0) is 32.3. The first-order valence-corrected chi connectivity index (χ1v) is 16.9. The van der Waals surface area contributed by atoms with Crippen molar-refractivity contribution in [2.75, 3.05) is 56.2 Å². The van der Waals surface area contributed by atoms with Crippen LogP contribution in [0.25, 0.3) is 11.0 Å². The molecule has 0 radical (unpaired) electrons. The van der Waals surface area contributed by atoms with Crippen LogP contribution < -0.4 is 20.4 Å². The first-order chi connectivity index (χ1) is 22.5. The van der Waals surface area contributed by atoms with Crippen molar-refractivity contribution in [3.8, 4) is 11.5 Å². The molecule has 3 N–H and O–H groups in total. The maximum Gasteiger partial charge on any atom is 0.293 e. The molecule has 2 aliphatic rings. The predicted molar refractivity (Wildman–Crippen MR) is 186 cm³/mol. The monoisotopic (exact) mass is 667 g/mol. The molecule has 1 atom stereocenters. The Morgan fingerprint density at radius 3 is 2.70 bits per heavy atom. The van der Waals surface area contributed by atoms with Gasteiger partial charge >= 0.3 is 0 Å². The van der Waals surface area contributed by atoms with Crippen molar-refractivity contribution in [2.45, 2.75) is 38.1 Å². The number of rotatable bonds is 12. The van der Waals surface area contributed by atoms with Crippen LogP contribution in [0.4, 0.5) is 17.1 Å². The molecule has 0 bridgehead atoms. The summed E-state index contributed by atoms with van der Waals surface area (Å²) in [6, 6.07) is 15.2. The van der Waals surface area contributed by atoms with Gasteiger partial charge in [-0.25, -0.2) is 9.27 Å². The van der Waals surface area contributed by atoms with Gasteiger partial charge in [-0.15, -0.1) is 0 Å². The molecule has 246 valence electrons. The number of H-pyrrole nitrogens is 1. The molecule has 2 aromatic heterocycles. The molecule has 1 unspecified atom stereocenters. The van der Waals surface area contributed by atoms with E-state index < -0.39 is 0 Å². The third kappa shape index (κ3) is 9.09. The number of piperazine rings is 1. The number of anilines is 2. The van der Waals surface area contributed by atoms with Gasteiger partial charge in [-0.3, -0.25) is 14.8 Å². The van der Waals surface area contributed by atoms with E-state index in [-0.39, 0.29) is 10.6 Å². The Hall–Kier alpha value is -3.45. The Morgan fingerprint density at radius 2 is 1.91 bits per heavy atom. The van der Waals surface area contributed by atoms with Crippen LogP contribution in [0, 0.1) is 16.0 Å². The van der Waals surface area contributed by atoms with Crippen molar-refractivity contribution in [3.05, 3.63) is 76.6 Å². The lowest BCUT2D eigenvalue weighted by Gasteiger charge is -2.34. The fraction of sp³-hybridized carbons (Fsp3) is 0.406. The summed E-state index contributed by atoms with van der Waals surface area (Å²) < 4.78 is 19.7. The number of nitro benzene ring substituents is 1. The minimum absolute atomic E-state index is 0.0208. The summed E-state index contributed by atoms with van der Waals surface area (Å²) >= 11 is 1.04. The van der Waals surface area contributed by atoms with E-state index in [9.17, 15) is 10.1 Å². The van der Waals surface area contributed by atoms with Gasteiger partial charge in [-0.2, -0.15) is 5.48 Å². The van der Waals surface area contributed by atoms with Gasteiger partial charge in [-0.1, -0.05) is 29.3 Å². The second-order valence-electron chi connectivity index (χ2n) is 10.9. The largest absolute Gasteiger partial charge is 0.455 e. The van der Waals surface area contributed by atoms with E-state index in [2.05, 4.69) is 51.9 Å². The normalized spacial score (nSPS) is 15.8. The van der Waals surface area contributed by atoms with Crippen molar-refractivity contribution in [3.63, 3.8) is 0 Å². The summed E-state index contributed by atoms with van der Waals surface area (Å²) in [5.41, 5.74) is 6.29. The zero-order valence-electron chi connectivity index (χ0n) is 26.2. The predicted octanol–water partition coefficient (Wildman–Crippen LogP) is 6.77. The Morgan fingerprint density at radius 1 is 1.11 bits per heavy atom. The summed E-state index contributed by atoms with van der Waals surface area (Å²) in [6.45, 7) is 10.3. The van der Waals surface area contributed by atoms with Crippen LogP contribution in [-0.2, 0) is 15.6 Å². The number of hydrogen-bond donors (Lipinski definition) is 3. The fourth-order valence-corrected chi connectivity index (χ4v) is 6.05. The lowest BCUT2D eigenvalue weighted by Crippen LogP contribution is -2.42. The number of aromatic nitrogens is 2. The molecule has 14 heteroatoms. The van der Waals surface area contributed by atoms with Gasteiger partial charge in [0.05, 0.1) is 29.7 Å². The van der Waals surface area contributed by atoms with Gasteiger partial charge in [0.2, 0.25) is 0 Å². The molecule has 2 saturated heterocycles. The Labute approximate surface area is 276 Å². The smallest absolute Gasteiger partial charge is 0.293 e. The van der Waals surface area contributed by atoms with E-state index in [1.54, 1.807) is 12.3 Å². The molecule has 0 amide bonds. The maximum absolute atomic E-state index is 11.8. The maximum atomic E-state index is 11.8. The molecule has 2 fully saturated rings. The molecule has 6 rings (SSSR count). The van der Waals surface area contributed by atoms with Gasteiger partial charge in [-0.05, 0) is 49.1 Å². The van der Waals surface area contributed by atoms with Crippen molar-refractivity contribution in [1.29, 1.82) is 0 Å². The highest BCUT2D eigenvalue weighted by Crippen LogP contribution is 2.33. The van der Waals surface area contributed by atoms with Crippen LogP contribution in [-0.4, -0.2) is 65.5 Å². The minimum Gasteiger partial charge on any atom is -0.455 e. The van der Waals surface area contributed by atoms with Gasteiger partial charge in [0.15, 0.2) is 0 Å². The Bertz CT molecular complexity index is 1580. The summed E-state index contributed by atoms with van der Waals surface area (Å²) in [6.07, 6.45) is 5.47. The molecular weight excluding hydrogens is 625 g/mol. The second kappa shape index (κ2) is 16.9. The number of hydroxylamine groups is 1. The topological polar surface area (TPSA) is 130 Å². The van der Waals surface area contributed by atoms with Crippen LogP contribution in [0.3, 0.4) is 0 Å². The highest BCUT2D eigenvalue weighted by Gasteiger charge is 2.20. The summed E-state index contributed by atoms with van der Waals surface area (Å²) in [4.78, 5) is 22.0. The third-order valence-electron chi connectivity index (χ3n) is 7.88. The van der Waals surface area contributed by atoms with Crippen LogP contribution in [0.5, 0.6) is 11.5 Å². The highest BCUT2D eigenvalue weighted by atomic mass is 32.2. The highest BCUT2D eigenvalue weighted by molar-refractivity contribution is 7.94. The SMILES string of the molecule is CC.O=[N+]([O-])c1cc(SONCc2ccc(N3CCN(P)CC3)cc2Oc2cnc3[nH]ccc3c2)ccc1NCC1CCOCC1. The van der Waals surface area contributed by atoms with Gasteiger partial charge < -0.3 is 24.7 Å². The van der Waals surface area contributed by atoms with Gasteiger partial charge in [0.25, 0.3) is 5.69 Å². The third-order valence-corrected chi connectivity index (χ3v) is 9.04. The number of nitrogens with one attached hydrogen (secondary N) is 3. The number of ether oxygens (including phenoxy) is 2. The van der Waals surface area contributed by atoms with Gasteiger partial charge in [0, 0.05) is 85.8 Å². The number of benzene rings is 2. The minimum atomic E-state index is -0.367. The van der Waals surface area contributed by atoms with Crippen LogP contribution in [0.2, 0.25) is 0 Å². The summed E-state index contributed by atoms with van der Waals surface area (Å²) in [5, 5.41) is 16.0. The molecule has 0 aliphatic carbocycles. The van der Waals surface area contributed by atoms with Crippen LogP contribution in [0.15, 0.2) is 65.8 Å². The average molecular weight is 668 g/mol. The number of aromatic amines is 1. The molecule has 2 aliphatic heterocycles. The first-order valence-electron chi connectivity index (χ1n) is 15.7. The Kier molecular flexibility index (Phi) is 12.5. The fourth-order valence-electron chi connectivity index (χ4n) is 5.32. The average Bonchev–Trinajstić information content (AvgIpc) is 3.56. The van der Waals surface area contributed by atoms with Crippen LogP contribution in [0.1, 0.15) is 32.3 Å². The van der Waals surface area contributed by atoms with Crippen molar-refractivity contribution >= 4 is 49.5 Å². The lowest BCUT2D eigenvalue weighted by atomic mass is 10.0. The molecule has 0 saturated carbocycles. The zero-order valence-corrected chi connectivity index (χ0v) is 28.2. The standard InChI is InChI=1S/C30H36N7O5PS.C2H6/c38-37(39)28-17-26(3-4-27(28)32-18-21-6-13-40-14-7-21)44-42-34-19-23-1-2-24(35-9-11-36(43)12-10-35)16-29(23)41-25-15-22-5-8-31-30(22)33-20-25;1-2/h1-5,8,15-17,20-21,32,34H,6-7,9-14,18-19,43H2,(H,31,33);1-2H3. The van der Waals surface area contributed by atoms with Gasteiger partial charge in [0.1, 0.15) is 22.8 Å². The van der Waals surface area contributed by atoms with E-state index in [4.69, 9.17) is 13.8 Å². The number of nitrogens with zero attached hydrogens (tertiary/aromatic N) is 4. The number of nitro groups is 1.